The molecule has 14 rings (SSSR count). The Morgan fingerprint density at radius 2 is 0.845 bits per heavy atom. The number of hydrogen-bond acceptors (Lipinski definition) is 5. The van der Waals surface area contributed by atoms with Crippen LogP contribution in [0, 0.1) is 0 Å². The van der Waals surface area contributed by atoms with E-state index < -0.39 is 0 Å². The van der Waals surface area contributed by atoms with Crippen LogP contribution in [0.1, 0.15) is 13.8 Å². The molecule has 6 nitrogen and oxygen atoms in total. The van der Waals surface area contributed by atoms with Crippen LogP contribution in [0.5, 0.6) is 0 Å². The Bertz CT molecular complexity index is 4320. The van der Waals surface area contributed by atoms with Crippen LogP contribution >= 0.6 is 0 Å². The lowest BCUT2D eigenvalue weighted by Crippen LogP contribution is -2.07. The van der Waals surface area contributed by atoms with Crippen molar-refractivity contribution in [2.24, 2.45) is 0 Å². The minimum atomic E-state index is 0.520. The molecule has 0 saturated carbocycles. The molecule has 0 aliphatic rings. The third-order valence-corrected chi connectivity index (χ3v) is 13.5. The summed E-state index contributed by atoms with van der Waals surface area (Å²) in [5.74, 6) is 1.65. The first kappa shape index (κ1) is 41.8. The normalized spacial score (nSPS) is 11.5. The number of rotatable bonds is 7. The van der Waals surface area contributed by atoms with Crippen LogP contribution in [0.4, 0.5) is 0 Å². The fourth-order valence-electron chi connectivity index (χ4n) is 10.2. The van der Waals surface area contributed by atoms with Gasteiger partial charge in [-0.1, -0.05) is 190 Å². The Kier molecular flexibility index (Phi) is 10.2. The van der Waals surface area contributed by atoms with Crippen molar-refractivity contribution < 1.29 is 8.83 Å². The molecule has 0 fully saturated rings. The van der Waals surface area contributed by atoms with Crippen LogP contribution in [-0.2, 0) is 0 Å². The molecule has 0 radical (unpaired) electrons. The molecule has 0 N–H and O–H groups in total. The highest BCUT2D eigenvalue weighted by Crippen LogP contribution is 2.43. The van der Waals surface area contributed by atoms with Gasteiger partial charge in [0.25, 0.3) is 0 Å². The number of para-hydroxylation sites is 4. The summed E-state index contributed by atoms with van der Waals surface area (Å²) in [7, 11) is 0. The van der Waals surface area contributed by atoms with Crippen molar-refractivity contribution in [2.45, 2.75) is 13.8 Å². The molecule has 0 amide bonds. The largest absolute Gasteiger partial charge is 0.456 e. The van der Waals surface area contributed by atoms with Gasteiger partial charge in [-0.3, -0.25) is 4.57 Å². The van der Waals surface area contributed by atoms with Crippen molar-refractivity contribution in [2.75, 3.05) is 0 Å². The van der Waals surface area contributed by atoms with Crippen molar-refractivity contribution in [3.63, 3.8) is 0 Å². The standard InChI is InChI=1S/C63H38N4O2.C2H6/c1-3-16-39(17-4-1)46-36-53(44-23-14-21-42(35-44)41-20-13-22-43(34-41)47-27-15-28-52-50-26-9-12-31-57(50)69-60(47)52)59-54(37-46)48-24-7-10-29-55(48)67(59)63-65-61(40-18-5-2-6-19-40)64-62(66-63)45-32-33-51-49-25-8-11-30-56(49)68-58(51)38-45;1-2/h1-38H;1-2H3. The monoisotopic (exact) mass is 912 g/mol. The second-order valence-corrected chi connectivity index (χ2v) is 17.5. The number of nitrogens with zero attached hydrogens (tertiary/aromatic N) is 4. The van der Waals surface area contributed by atoms with Crippen molar-refractivity contribution in [1.82, 2.24) is 19.5 Å². The molecule has 0 unspecified atom stereocenters. The third-order valence-electron chi connectivity index (χ3n) is 13.5. The summed E-state index contributed by atoms with van der Waals surface area (Å²) in [5, 5.41) is 6.55. The van der Waals surface area contributed by atoms with Gasteiger partial charge in [-0.15, -0.1) is 0 Å². The van der Waals surface area contributed by atoms with E-state index in [1.807, 2.05) is 80.6 Å². The highest BCUT2D eigenvalue weighted by atomic mass is 16.3. The smallest absolute Gasteiger partial charge is 0.238 e. The maximum atomic E-state index is 6.49. The minimum Gasteiger partial charge on any atom is -0.456 e. The Balaban J connectivity index is 0.00000243. The lowest BCUT2D eigenvalue weighted by Gasteiger charge is -2.15. The van der Waals surface area contributed by atoms with Crippen molar-refractivity contribution in [3.05, 3.63) is 231 Å². The van der Waals surface area contributed by atoms with Crippen LogP contribution in [0.25, 0.3) is 139 Å². The van der Waals surface area contributed by atoms with E-state index in [4.69, 9.17) is 23.8 Å². The molecule has 14 aromatic rings. The molecule has 4 aromatic heterocycles. The Labute approximate surface area is 409 Å². The van der Waals surface area contributed by atoms with Crippen LogP contribution < -0.4 is 0 Å². The Morgan fingerprint density at radius 1 is 0.310 bits per heavy atom. The first-order chi connectivity index (χ1) is 35.2. The van der Waals surface area contributed by atoms with Crippen LogP contribution in [0.3, 0.4) is 0 Å². The summed E-state index contributed by atoms with van der Waals surface area (Å²) in [6, 6.07) is 80.6. The first-order valence-corrected chi connectivity index (χ1v) is 24.2. The first-order valence-electron chi connectivity index (χ1n) is 24.2. The van der Waals surface area contributed by atoms with E-state index in [-0.39, 0.29) is 0 Å². The van der Waals surface area contributed by atoms with Gasteiger partial charge in [0.15, 0.2) is 11.6 Å². The summed E-state index contributed by atoms with van der Waals surface area (Å²) in [6.45, 7) is 4.00. The maximum Gasteiger partial charge on any atom is 0.238 e. The van der Waals surface area contributed by atoms with Gasteiger partial charge < -0.3 is 8.83 Å². The zero-order valence-electron chi connectivity index (χ0n) is 39.0. The molecule has 0 bridgehead atoms. The van der Waals surface area contributed by atoms with Crippen LogP contribution in [-0.4, -0.2) is 19.5 Å². The fourth-order valence-corrected chi connectivity index (χ4v) is 10.2. The topological polar surface area (TPSA) is 69.9 Å². The lowest BCUT2D eigenvalue weighted by atomic mass is 9.93. The second kappa shape index (κ2) is 17.3. The van der Waals surface area contributed by atoms with Gasteiger partial charge >= 0.3 is 0 Å². The van der Waals surface area contributed by atoms with Gasteiger partial charge in [-0.2, -0.15) is 9.97 Å². The van der Waals surface area contributed by atoms with Crippen molar-refractivity contribution in [1.29, 1.82) is 0 Å². The van der Waals surface area contributed by atoms with Gasteiger partial charge in [0, 0.05) is 54.6 Å². The predicted octanol–water partition coefficient (Wildman–Crippen LogP) is 17.8. The summed E-state index contributed by atoms with van der Waals surface area (Å²) < 4.78 is 15.1. The van der Waals surface area contributed by atoms with Crippen molar-refractivity contribution in [3.8, 4) is 73.2 Å². The molecule has 6 heteroatoms. The average Bonchev–Trinajstić information content (AvgIpc) is 4.13. The molecule has 0 saturated heterocycles. The van der Waals surface area contributed by atoms with E-state index in [1.165, 1.54) is 0 Å². The number of hydrogen-bond donors (Lipinski definition) is 0. The van der Waals surface area contributed by atoms with Gasteiger partial charge in [-0.25, -0.2) is 4.98 Å². The van der Waals surface area contributed by atoms with E-state index >= 15 is 0 Å². The fraction of sp³-hybridized carbons (Fsp3) is 0.0308. The summed E-state index contributed by atoms with van der Waals surface area (Å²) >= 11 is 0. The van der Waals surface area contributed by atoms with E-state index in [1.54, 1.807) is 0 Å². The van der Waals surface area contributed by atoms with E-state index in [9.17, 15) is 0 Å². The molecule has 0 spiro atoms. The van der Waals surface area contributed by atoms with E-state index in [2.05, 4.69) is 168 Å². The Hall–Kier alpha value is -9.39. The lowest BCUT2D eigenvalue weighted by molar-refractivity contribution is 0.669. The van der Waals surface area contributed by atoms with Gasteiger partial charge in [0.05, 0.1) is 11.0 Å². The molecule has 0 aliphatic heterocycles. The quantitative estimate of drug-likeness (QED) is 0.159. The SMILES string of the molecule is CC.c1ccc(-c2cc(-c3cccc(-c4cccc(-c5cccc6c5oc5ccccc56)c4)c3)c3c(c2)c2ccccc2n3-c2nc(-c3ccccc3)nc(-c3ccc4c(c3)oc3ccccc34)n2)cc1. The molecule has 0 aliphatic carbocycles. The molecule has 4 heterocycles. The number of benzene rings is 10. The number of furan rings is 2. The molecular formula is C65H44N4O2. The maximum absolute atomic E-state index is 6.49. The van der Waals surface area contributed by atoms with E-state index in [0.717, 1.165) is 121 Å². The number of fused-ring (bicyclic) bond motifs is 9. The highest BCUT2D eigenvalue weighted by molar-refractivity contribution is 6.15. The molecule has 0 atom stereocenters. The van der Waals surface area contributed by atoms with Crippen molar-refractivity contribution >= 4 is 65.7 Å². The summed E-state index contributed by atoms with van der Waals surface area (Å²) in [6.07, 6.45) is 0. The van der Waals surface area contributed by atoms with E-state index in [0.29, 0.717) is 17.6 Å². The number of aromatic nitrogens is 4. The molecule has 336 valence electrons. The predicted molar refractivity (Wildman–Crippen MR) is 293 cm³/mol. The second-order valence-electron chi connectivity index (χ2n) is 17.5. The molecule has 10 aromatic carbocycles. The minimum absolute atomic E-state index is 0.520. The zero-order valence-corrected chi connectivity index (χ0v) is 39.0. The van der Waals surface area contributed by atoms with Crippen LogP contribution in [0.2, 0.25) is 0 Å². The zero-order chi connectivity index (χ0) is 47.4. The highest BCUT2D eigenvalue weighted by Gasteiger charge is 2.23. The van der Waals surface area contributed by atoms with Crippen LogP contribution in [0.15, 0.2) is 239 Å². The van der Waals surface area contributed by atoms with Gasteiger partial charge in [-0.05, 0) is 88.0 Å². The summed E-state index contributed by atoms with van der Waals surface area (Å²) in [5.41, 5.74) is 15.9. The molecule has 71 heavy (non-hydrogen) atoms. The van der Waals surface area contributed by atoms with Gasteiger partial charge in [0.1, 0.15) is 22.3 Å². The summed E-state index contributed by atoms with van der Waals surface area (Å²) in [4.78, 5) is 15.9. The van der Waals surface area contributed by atoms with Gasteiger partial charge in [0.2, 0.25) is 5.95 Å². The third kappa shape index (κ3) is 7.15. The Morgan fingerprint density at radius 3 is 1.58 bits per heavy atom. The molecular weight excluding hydrogens is 869 g/mol. The average molecular weight is 913 g/mol.